The lowest BCUT2D eigenvalue weighted by atomic mass is 9.75. The number of hydrogen-bond acceptors (Lipinski definition) is 3. The number of hydrogen-bond donors (Lipinski definition) is 1. The van der Waals surface area contributed by atoms with Crippen molar-refractivity contribution in [1.29, 1.82) is 0 Å². The fourth-order valence-electron chi connectivity index (χ4n) is 4.52. The molecule has 1 aromatic heterocycles. The second-order valence-electron chi connectivity index (χ2n) is 8.73. The zero-order valence-corrected chi connectivity index (χ0v) is 18.0. The summed E-state index contributed by atoms with van der Waals surface area (Å²) in [5, 5.41) is 8.17. The van der Waals surface area contributed by atoms with Gasteiger partial charge in [-0.1, -0.05) is 12.1 Å². The molecule has 2 aromatic carbocycles. The lowest BCUT2D eigenvalue weighted by Crippen LogP contribution is -2.41. The van der Waals surface area contributed by atoms with E-state index >= 15 is 0 Å². The van der Waals surface area contributed by atoms with Crippen molar-refractivity contribution in [2.75, 3.05) is 26.3 Å². The lowest BCUT2D eigenvalue weighted by molar-refractivity contribution is -0.137. The number of halogens is 4. The van der Waals surface area contributed by atoms with Gasteiger partial charge in [0.25, 0.3) is 0 Å². The first-order chi connectivity index (χ1) is 15.2. The first-order valence-electron chi connectivity index (χ1n) is 10.8. The Balaban J connectivity index is 1.45. The van der Waals surface area contributed by atoms with Crippen LogP contribution in [-0.4, -0.2) is 36.1 Å². The summed E-state index contributed by atoms with van der Waals surface area (Å²) in [7, 11) is 1.70. The zero-order chi connectivity index (χ0) is 22.8. The Bertz CT molecular complexity index is 1050. The summed E-state index contributed by atoms with van der Waals surface area (Å²) in [6, 6.07) is 8.86. The lowest BCUT2D eigenvalue weighted by Gasteiger charge is -2.37. The van der Waals surface area contributed by atoms with Gasteiger partial charge in [0.15, 0.2) is 0 Å². The standard InChI is InChI=1S/C24H27F4N3O/c1-31-15-19-13-20(24(26,27)28)12-18(22(19)30-31)6-11-32-16-23(7-9-29-10-8-23)14-17-2-4-21(25)5-3-17/h2-5,12-13,15,29H,6-11,14,16H2,1H3. The molecule has 2 heterocycles. The van der Waals surface area contributed by atoms with Crippen LogP contribution < -0.4 is 5.32 Å². The van der Waals surface area contributed by atoms with Crippen molar-refractivity contribution in [2.24, 2.45) is 12.5 Å². The highest BCUT2D eigenvalue weighted by atomic mass is 19.4. The van der Waals surface area contributed by atoms with Crippen LogP contribution in [0.15, 0.2) is 42.6 Å². The van der Waals surface area contributed by atoms with Crippen LogP contribution in [0.4, 0.5) is 17.6 Å². The van der Waals surface area contributed by atoms with Crippen molar-refractivity contribution < 1.29 is 22.3 Å². The van der Waals surface area contributed by atoms with Gasteiger partial charge in [-0.2, -0.15) is 18.3 Å². The number of ether oxygens (including phenoxy) is 1. The Morgan fingerprint density at radius 2 is 1.84 bits per heavy atom. The molecular formula is C24H27F4N3O. The minimum atomic E-state index is -4.41. The maximum absolute atomic E-state index is 13.3. The molecule has 32 heavy (non-hydrogen) atoms. The number of aromatic nitrogens is 2. The van der Waals surface area contributed by atoms with Crippen molar-refractivity contribution in [1.82, 2.24) is 15.1 Å². The van der Waals surface area contributed by atoms with Gasteiger partial charge in [-0.25, -0.2) is 4.39 Å². The highest BCUT2D eigenvalue weighted by Crippen LogP contribution is 2.35. The van der Waals surface area contributed by atoms with Gasteiger partial charge in [0.1, 0.15) is 5.82 Å². The van der Waals surface area contributed by atoms with Gasteiger partial charge < -0.3 is 10.1 Å². The van der Waals surface area contributed by atoms with Crippen molar-refractivity contribution in [3.05, 3.63) is 65.1 Å². The monoisotopic (exact) mass is 449 g/mol. The maximum atomic E-state index is 13.3. The summed E-state index contributed by atoms with van der Waals surface area (Å²) in [5.41, 5.74) is 1.43. The Hall–Kier alpha value is -2.45. The van der Waals surface area contributed by atoms with Crippen molar-refractivity contribution in [2.45, 2.75) is 31.9 Å². The quantitative estimate of drug-likeness (QED) is 0.412. The Labute approximate surface area is 184 Å². The molecule has 1 saturated heterocycles. The summed E-state index contributed by atoms with van der Waals surface area (Å²) in [6.07, 6.45) is 0.178. The predicted octanol–water partition coefficient (Wildman–Crippen LogP) is 4.90. The van der Waals surface area contributed by atoms with E-state index in [0.29, 0.717) is 36.1 Å². The van der Waals surface area contributed by atoms with E-state index < -0.39 is 11.7 Å². The van der Waals surface area contributed by atoms with Gasteiger partial charge in [-0.05, 0) is 74.2 Å². The molecule has 3 aromatic rings. The van der Waals surface area contributed by atoms with E-state index in [1.54, 1.807) is 25.4 Å². The van der Waals surface area contributed by atoms with Crippen LogP contribution in [0.2, 0.25) is 0 Å². The molecule has 0 radical (unpaired) electrons. The fraction of sp³-hybridized carbons (Fsp3) is 0.458. The fourth-order valence-corrected chi connectivity index (χ4v) is 4.52. The van der Waals surface area contributed by atoms with Crippen molar-refractivity contribution in [3.63, 3.8) is 0 Å². The van der Waals surface area contributed by atoms with Crippen LogP contribution in [0.5, 0.6) is 0 Å². The highest BCUT2D eigenvalue weighted by Gasteiger charge is 2.33. The van der Waals surface area contributed by atoms with E-state index in [1.807, 2.05) is 0 Å². The third-order valence-corrected chi connectivity index (χ3v) is 6.21. The summed E-state index contributed by atoms with van der Waals surface area (Å²) >= 11 is 0. The van der Waals surface area contributed by atoms with Crippen LogP contribution in [0.1, 0.15) is 29.5 Å². The predicted molar refractivity (Wildman–Crippen MR) is 115 cm³/mol. The molecule has 0 saturated carbocycles. The average Bonchev–Trinajstić information content (AvgIpc) is 3.13. The third kappa shape index (κ3) is 5.30. The molecular weight excluding hydrogens is 422 g/mol. The molecule has 0 bridgehead atoms. The molecule has 1 aliphatic rings. The summed E-state index contributed by atoms with van der Waals surface area (Å²) in [5.74, 6) is -0.258. The van der Waals surface area contributed by atoms with Crippen LogP contribution >= 0.6 is 0 Å². The Morgan fingerprint density at radius 3 is 2.53 bits per heavy atom. The minimum absolute atomic E-state index is 0.0722. The number of aryl methyl sites for hydroxylation is 1. The molecule has 1 aliphatic heterocycles. The van der Waals surface area contributed by atoms with E-state index in [1.165, 1.54) is 22.9 Å². The maximum Gasteiger partial charge on any atom is 0.416 e. The average molecular weight is 449 g/mol. The summed E-state index contributed by atoms with van der Waals surface area (Å²) in [6.45, 7) is 2.58. The van der Waals surface area contributed by atoms with Crippen molar-refractivity contribution in [3.8, 4) is 0 Å². The molecule has 4 rings (SSSR count). The van der Waals surface area contributed by atoms with Gasteiger partial charge in [0.05, 0.1) is 24.3 Å². The molecule has 0 amide bonds. The van der Waals surface area contributed by atoms with E-state index in [2.05, 4.69) is 10.4 Å². The topological polar surface area (TPSA) is 39.1 Å². The molecule has 8 heteroatoms. The molecule has 0 atom stereocenters. The van der Waals surface area contributed by atoms with Crippen molar-refractivity contribution >= 4 is 10.9 Å². The number of nitrogens with one attached hydrogen (secondary N) is 1. The molecule has 1 fully saturated rings. The van der Waals surface area contributed by atoms with E-state index in [9.17, 15) is 17.6 Å². The van der Waals surface area contributed by atoms with Crippen LogP contribution in [0.3, 0.4) is 0 Å². The molecule has 0 spiro atoms. The Kier molecular flexibility index (Phi) is 6.53. The highest BCUT2D eigenvalue weighted by molar-refractivity contribution is 5.82. The molecule has 0 aliphatic carbocycles. The van der Waals surface area contributed by atoms with Crippen LogP contribution in [0, 0.1) is 11.2 Å². The molecule has 1 N–H and O–H groups in total. The first-order valence-corrected chi connectivity index (χ1v) is 10.8. The van der Waals surface area contributed by atoms with Gasteiger partial charge >= 0.3 is 6.18 Å². The number of rotatable bonds is 7. The number of benzene rings is 2. The zero-order valence-electron chi connectivity index (χ0n) is 18.0. The van der Waals surface area contributed by atoms with Gasteiger partial charge in [0.2, 0.25) is 0 Å². The number of alkyl halides is 3. The summed E-state index contributed by atoms with van der Waals surface area (Å²) < 4.78 is 60.8. The largest absolute Gasteiger partial charge is 0.416 e. The SMILES string of the molecule is Cn1cc2cc(C(F)(F)F)cc(CCOCC3(Cc4ccc(F)cc4)CCNCC3)c2n1. The minimum Gasteiger partial charge on any atom is -0.381 e. The second kappa shape index (κ2) is 9.19. The van der Waals surface area contributed by atoms with E-state index in [0.717, 1.165) is 44.0 Å². The smallest absolute Gasteiger partial charge is 0.381 e. The molecule has 0 unspecified atom stereocenters. The third-order valence-electron chi connectivity index (χ3n) is 6.21. The normalized spacial score (nSPS) is 16.5. The molecule has 172 valence electrons. The molecule has 4 nitrogen and oxygen atoms in total. The van der Waals surface area contributed by atoms with Crippen LogP contribution in [-0.2, 0) is 30.8 Å². The van der Waals surface area contributed by atoms with Gasteiger partial charge in [-0.15, -0.1) is 0 Å². The number of piperidine rings is 1. The first kappa shape index (κ1) is 22.7. The van der Waals surface area contributed by atoms with E-state index in [4.69, 9.17) is 4.74 Å². The van der Waals surface area contributed by atoms with Gasteiger partial charge in [-0.3, -0.25) is 4.68 Å². The number of nitrogens with zero attached hydrogens (tertiary/aromatic N) is 2. The second-order valence-corrected chi connectivity index (χ2v) is 8.73. The van der Waals surface area contributed by atoms with Crippen LogP contribution in [0.25, 0.3) is 10.9 Å². The summed E-state index contributed by atoms with van der Waals surface area (Å²) in [4.78, 5) is 0. The Morgan fingerprint density at radius 1 is 1.12 bits per heavy atom. The van der Waals surface area contributed by atoms with E-state index in [-0.39, 0.29) is 11.2 Å². The van der Waals surface area contributed by atoms with Gasteiger partial charge in [0, 0.05) is 24.0 Å². The number of fused-ring (bicyclic) bond motifs is 1.